The van der Waals surface area contributed by atoms with Crippen LogP contribution in [0.2, 0.25) is 0 Å². The summed E-state index contributed by atoms with van der Waals surface area (Å²) in [6, 6.07) is 0. The largest absolute Gasteiger partial charge is 0.328 e. The maximum atomic E-state index is 5.19. The molecule has 0 saturated carbocycles. The minimum Gasteiger partial charge on any atom is -0.328 e. The van der Waals surface area contributed by atoms with E-state index in [4.69, 9.17) is 5.73 Å². The Morgan fingerprint density at radius 3 is 2.20 bits per heavy atom. The molecular formula is C3H8NSi. The van der Waals surface area contributed by atoms with Crippen molar-refractivity contribution in [2.24, 2.45) is 5.73 Å². The fourth-order valence-corrected chi connectivity index (χ4v) is 0. The second-order valence-electron chi connectivity index (χ2n) is 0.900. The van der Waals surface area contributed by atoms with E-state index in [1.807, 2.05) is 0 Å². The molecule has 0 heterocycles. The summed E-state index contributed by atoms with van der Waals surface area (Å²) in [6.07, 6.45) is 1.71. The molecule has 2 heteroatoms. The third-order valence-corrected chi connectivity index (χ3v) is 0.636. The van der Waals surface area contributed by atoms with Gasteiger partial charge >= 0.3 is 0 Å². The predicted molar refractivity (Wildman–Crippen MR) is 26.7 cm³/mol. The number of nitrogens with two attached hydrogens (primary N) is 1. The molecule has 0 aromatic rings. The Labute approximate surface area is 35.3 Å². The standard InChI is InChI=1S/C3H8NSi/c1-2-3(4)5/h2-3H,1,4-5H2. The van der Waals surface area contributed by atoms with Gasteiger partial charge in [0, 0.05) is 15.9 Å². The summed E-state index contributed by atoms with van der Waals surface area (Å²) in [5, 5.41) is 0. The van der Waals surface area contributed by atoms with Gasteiger partial charge in [0.25, 0.3) is 0 Å². The summed E-state index contributed by atoms with van der Waals surface area (Å²) in [5.74, 6) is 0. The summed E-state index contributed by atoms with van der Waals surface area (Å²) in [6.45, 7) is 3.44. The first-order chi connectivity index (χ1) is 2.27. The molecule has 5 heavy (non-hydrogen) atoms. The van der Waals surface area contributed by atoms with Crippen molar-refractivity contribution in [3.8, 4) is 0 Å². The number of rotatable bonds is 1. The van der Waals surface area contributed by atoms with Crippen LogP contribution in [-0.2, 0) is 0 Å². The van der Waals surface area contributed by atoms with Crippen molar-refractivity contribution in [3.05, 3.63) is 12.7 Å². The van der Waals surface area contributed by atoms with Gasteiger partial charge < -0.3 is 5.73 Å². The highest BCUT2D eigenvalue weighted by atomic mass is 28.1. The van der Waals surface area contributed by atoms with Gasteiger partial charge in [-0.15, -0.1) is 6.58 Å². The lowest BCUT2D eigenvalue weighted by Gasteiger charge is -1.85. The molecule has 1 atom stereocenters. The molecule has 1 radical (unpaired) electrons. The van der Waals surface area contributed by atoms with E-state index in [-0.39, 0.29) is 5.67 Å². The van der Waals surface area contributed by atoms with Crippen LogP contribution in [0.5, 0.6) is 0 Å². The summed E-state index contributed by atoms with van der Waals surface area (Å²) >= 11 is 0. The van der Waals surface area contributed by atoms with Crippen molar-refractivity contribution in [1.29, 1.82) is 0 Å². The molecule has 0 aliphatic heterocycles. The summed E-state index contributed by atoms with van der Waals surface area (Å²) in [4.78, 5) is 0. The van der Waals surface area contributed by atoms with E-state index < -0.39 is 0 Å². The lowest BCUT2D eigenvalue weighted by molar-refractivity contribution is 1.15. The molecule has 1 nitrogen and oxygen atoms in total. The number of hydrogen-bond acceptors (Lipinski definition) is 1. The zero-order valence-corrected chi connectivity index (χ0v) is 4.56. The highest BCUT2D eigenvalue weighted by molar-refractivity contribution is 6.12. The molecule has 0 aliphatic carbocycles. The first-order valence-electron chi connectivity index (χ1n) is 1.48. The first-order valence-corrected chi connectivity index (χ1v) is 2.30. The third-order valence-electron chi connectivity index (χ3n) is 0.303. The molecule has 0 fully saturated rings. The van der Waals surface area contributed by atoms with Crippen molar-refractivity contribution in [2.75, 3.05) is 0 Å². The van der Waals surface area contributed by atoms with E-state index in [0.29, 0.717) is 0 Å². The molecule has 0 aliphatic rings. The smallest absolute Gasteiger partial charge is 0.0355 e. The van der Waals surface area contributed by atoms with Gasteiger partial charge in [-0.05, 0) is 0 Å². The van der Waals surface area contributed by atoms with Gasteiger partial charge in [-0.25, -0.2) is 0 Å². The van der Waals surface area contributed by atoms with Crippen molar-refractivity contribution in [2.45, 2.75) is 5.67 Å². The highest BCUT2D eigenvalue weighted by Crippen LogP contribution is 1.60. The van der Waals surface area contributed by atoms with Crippen molar-refractivity contribution >= 4 is 10.2 Å². The van der Waals surface area contributed by atoms with Crippen molar-refractivity contribution < 1.29 is 0 Å². The molecule has 0 bridgehead atoms. The molecule has 0 spiro atoms. The van der Waals surface area contributed by atoms with Gasteiger partial charge in [0.2, 0.25) is 0 Å². The minimum absolute atomic E-state index is 0.176. The van der Waals surface area contributed by atoms with E-state index in [2.05, 4.69) is 6.58 Å². The molecule has 0 saturated heterocycles. The lowest BCUT2D eigenvalue weighted by Crippen LogP contribution is -2.14. The van der Waals surface area contributed by atoms with Crippen LogP contribution in [-0.4, -0.2) is 15.9 Å². The monoisotopic (exact) mass is 86.0 g/mol. The predicted octanol–water partition coefficient (Wildman–Crippen LogP) is -0.910. The Balaban J connectivity index is 2.83. The SMILES string of the molecule is C=CC(N)[SiH2]. The quantitative estimate of drug-likeness (QED) is 0.324. The maximum Gasteiger partial charge on any atom is 0.0355 e. The van der Waals surface area contributed by atoms with Crippen LogP contribution in [0.15, 0.2) is 12.7 Å². The van der Waals surface area contributed by atoms with Gasteiger partial charge in [0.05, 0.1) is 0 Å². The van der Waals surface area contributed by atoms with E-state index in [1.54, 1.807) is 16.3 Å². The van der Waals surface area contributed by atoms with Gasteiger partial charge in [0.15, 0.2) is 0 Å². The van der Waals surface area contributed by atoms with Crippen LogP contribution in [0, 0.1) is 0 Å². The summed E-state index contributed by atoms with van der Waals surface area (Å²) < 4.78 is 0. The molecule has 0 aromatic heterocycles. The fourth-order valence-electron chi connectivity index (χ4n) is 0. The van der Waals surface area contributed by atoms with Crippen molar-refractivity contribution in [1.82, 2.24) is 0 Å². The van der Waals surface area contributed by atoms with E-state index >= 15 is 0 Å². The van der Waals surface area contributed by atoms with E-state index in [9.17, 15) is 0 Å². The second-order valence-corrected chi connectivity index (χ2v) is 1.84. The average Bonchev–Trinajstić information content (AvgIpc) is 1.38. The minimum atomic E-state index is 0.176. The van der Waals surface area contributed by atoms with Crippen LogP contribution in [0.4, 0.5) is 0 Å². The Bertz CT molecular complexity index is 33.9. The zero-order chi connectivity index (χ0) is 4.28. The van der Waals surface area contributed by atoms with Crippen LogP contribution in [0.1, 0.15) is 0 Å². The molecular weight excluding hydrogens is 78.1 g/mol. The third kappa shape index (κ3) is 3.92. The first kappa shape index (κ1) is 4.92. The summed E-state index contributed by atoms with van der Waals surface area (Å²) in [7, 11) is 1.71. The molecule has 0 rings (SSSR count). The summed E-state index contributed by atoms with van der Waals surface area (Å²) in [5.41, 5.74) is 5.36. The Kier molecular flexibility index (Phi) is 2.14. The Morgan fingerprint density at radius 1 is 2.00 bits per heavy atom. The average molecular weight is 86.2 g/mol. The van der Waals surface area contributed by atoms with Gasteiger partial charge in [-0.2, -0.15) is 0 Å². The van der Waals surface area contributed by atoms with Gasteiger partial charge in [0.1, 0.15) is 0 Å². The molecule has 0 amide bonds. The topological polar surface area (TPSA) is 26.0 Å². The molecule has 1 unspecified atom stereocenters. The second kappa shape index (κ2) is 2.17. The zero-order valence-electron chi connectivity index (χ0n) is 3.15. The van der Waals surface area contributed by atoms with Gasteiger partial charge in [-0.1, -0.05) is 6.08 Å². The molecule has 29 valence electrons. The van der Waals surface area contributed by atoms with Crippen LogP contribution in [0.3, 0.4) is 0 Å². The molecule has 0 aromatic carbocycles. The Hall–Kier alpha value is -0.0831. The lowest BCUT2D eigenvalue weighted by atomic mass is 10.7. The van der Waals surface area contributed by atoms with Crippen LogP contribution in [0.25, 0.3) is 0 Å². The normalized spacial score (nSPS) is 14.0. The van der Waals surface area contributed by atoms with E-state index in [1.165, 1.54) is 0 Å². The van der Waals surface area contributed by atoms with Gasteiger partial charge in [-0.3, -0.25) is 0 Å². The Morgan fingerprint density at radius 2 is 2.20 bits per heavy atom. The van der Waals surface area contributed by atoms with Crippen LogP contribution >= 0.6 is 0 Å². The van der Waals surface area contributed by atoms with Crippen molar-refractivity contribution in [3.63, 3.8) is 0 Å². The fraction of sp³-hybridized carbons (Fsp3) is 0.333. The highest BCUT2D eigenvalue weighted by Gasteiger charge is 1.73. The number of hydrogen-bond donors (Lipinski definition) is 1. The molecule has 2 N–H and O–H groups in total. The maximum absolute atomic E-state index is 5.19. The van der Waals surface area contributed by atoms with E-state index in [0.717, 1.165) is 0 Å². The van der Waals surface area contributed by atoms with Crippen LogP contribution < -0.4 is 5.73 Å².